The molecule has 0 saturated heterocycles. The third-order valence-electron chi connectivity index (χ3n) is 3.70. The van der Waals surface area contributed by atoms with Crippen molar-refractivity contribution in [3.63, 3.8) is 0 Å². The van der Waals surface area contributed by atoms with Crippen molar-refractivity contribution in [1.82, 2.24) is 0 Å². The Morgan fingerprint density at radius 2 is 1.96 bits per heavy atom. The first-order chi connectivity index (χ1) is 11.5. The number of hydrogen-bond acceptors (Lipinski definition) is 9. The zero-order valence-corrected chi connectivity index (χ0v) is 12.6. The van der Waals surface area contributed by atoms with E-state index in [0.29, 0.717) is 12.2 Å². The molecule has 0 saturated carbocycles. The standard InChI is InChI=1S/C15H14N4O5/c1-24-11-4-2-9-6-14(12(9)8-11)17-16-13-5-3-10(18(20)21)7-15(13)19(22)23/h2-5,7-8,16,22-23H,6H2,1H3/q-2. The summed E-state index contributed by atoms with van der Waals surface area (Å²) in [6, 6.07) is 9.30. The quantitative estimate of drug-likeness (QED) is 0.713. The molecule has 1 aliphatic carbocycles. The van der Waals surface area contributed by atoms with Crippen LogP contribution in [0.5, 0.6) is 5.75 Å². The third-order valence-corrected chi connectivity index (χ3v) is 3.70. The van der Waals surface area contributed by atoms with Crippen LogP contribution < -0.4 is 20.6 Å². The van der Waals surface area contributed by atoms with Crippen molar-refractivity contribution < 1.29 is 15.2 Å². The van der Waals surface area contributed by atoms with E-state index in [0.717, 1.165) is 22.9 Å². The Bertz CT molecular complexity index is 791. The molecule has 0 unspecified atom stereocenters. The highest BCUT2D eigenvalue weighted by molar-refractivity contribution is 6.11. The van der Waals surface area contributed by atoms with Crippen molar-refractivity contribution in [3.8, 4) is 5.75 Å². The first-order valence-corrected chi connectivity index (χ1v) is 6.96. The van der Waals surface area contributed by atoms with Gasteiger partial charge in [-0.3, -0.25) is 15.8 Å². The van der Waals surface area contributed by atoms with Crippen molar-refractivity contribution in [2.75, 3.05) is 23.0 Å². The molecule has 0 heterocycles. The lowest BCUT2D eigenvalue weighted by molar-refractivity contribution is 0.0295. The second-order valence-electron chi connectivity index (χ2n) is 5.12. The van der Waals surface area contributed by atoms with E-state index in [1.807, 2.05) is 18.2 Å². The Morgan fingerprint density at radius 1 is 1.17 bits per heavy atom. The maximum atomic E-state index is 10.8. The molecule has 0 spiro atoms. The average Bonchev–Trinajstić information content (AvgIpc) is 2.55. The van der Waals surface area contributed by atoms with Gasteiger partial charge in [-0.2, -0.15) is 5.10 Å². The molecule has 0 atom stereocenters. The fraction of sp³-hybridized carbons (Fsp3) is 0.133. The van der Waals surface area contributed by atoms with Crippen LogP contribution in [0.4, 0.5) is 17.1 Å². The van der Waals surface area contributed by atoms with Crippen LogP contribution in [0.3, 0.4) is 0 Å². The number of nitrogens with one attached hydrogen (secondary N) is 1. The molecular weight excluding hydrogens is 316 g/mol. The minimum atomic E-state index is -0.628. The molecule has 9 heteroatoms. The van der Waals surface area contributed by atoms with Crippen molar-refractivity contribution in [1.29, 1.82) is 0 Å². The summed E-state index contributed by atoms with van der Waals surface area (Å²) in [4.78, 5) is 0. The average molecular weight is 330 g/mol. The van der Waals surface area contributed by atoms with E-state index >= 15 is 0 Å². The number of rotatable bonds is 5. The summed E-state index contributed by atoms with van der Waals surface area (Å²) < 4.78 is 5.17. The Kier molecular flexibility index (Phi) is 4.23. The number of methoxy groups -OCH3 is 1. The summed E-state index contributed by atoms with van der Waals surface area (Å²) >= 11 is 0. The molecule has 0 aromatic heterocycles. The lowest BCUT2D eigenvalue weighted by Crippen LogP contribution is -2.21. The van der Waals surface area contributed by atoms with Gasteiger partial charge in [0.1, 0.15) is 11.4 Å². The third kappa shape index (κ3) is 2.96. The van der Waals surface area contributed by atoms with E-state index in [1.54, 1.807) is 7.11 Å². The van der Waals surface area contributed by atoms with Crippen LogP contribution in [0.2, 0.25) is 0 Å². The second kappa shape index (κ2) is 6.34. The summed E-state index contributed by atoms with van der Waals surface area (Å²) in [5.41, 5.74) is 5.32. The summed E-state index contributed by atoms with van der Waals surface area (Å²) in [7, 11) is 1.58. The maximum absolute atomic E-state index is 10.8. The smallest absolute Gasteiger partial charge is 0.121 e. The molecule has 1 aliphatic rings. The van der Waals surface area contributed by atoms with Crippen molar-refractivity contribution >= 4 is 22.8 Å². The number of nitrogens with zero attached hydrogens (tertiary/aromatic N) is 3. The molecule has 2 aromatic rings. The summed E-state index contributed by atoms with van der Waals surface area (Å²) in [5, 5.41) is 43.4. The Hall–Kier alpha value is -2.85. The van der Waals surface area contributed by atoms with Gasteiger partial charge in [0.15, 0.2) is 0 Å². The highest BCUT2D eigenvalue weighted by Gasteiger charge is 2.22. The van der Waals surface area contributed by atoms with Crippen LogP contribution in [-0.2, 0) is 6.42 Å². The molecule has 9 nitrogen and oxygen atoms in total. The number of fused-ring (bicyclic) bond motifs is 1. The number of hydrazone groups is 1. The predicted octanol–water partition coefficient (Wildman–Crippen LogP) is 2.45. The van der Waals surface area contributed by atoms with E-state index in [1.165, 1.54) is 12.1 Å². The van der Waals surface area contributed by atoms with Crippen molar-refractivity contribution in [2.45, 2.75) is 6.42 Å². The molecule has 126 valence electrons. The lowest BCUT2D eigenvalue weighted by Gasteiger charge is -2.37. The molecule has 0 bridgehead atoms. The number of anilines is 3. The monoisotopic (exact) mass is 330 g/mol. The summed E-state index contributed by atoms with van der Waals surface area (Å²) in [6.45, 7) is 0. The topological polar surface area (TPSA) is 127 Å². The first-order valence-electron chi connectivity index (χ1n) is 6.96. The van der Waals surface area contributed by atoms with Crippen LogP contribution in [0.25, 0.3) is 0 Å². The van der Waals surface area contributed by atoms with Crippen LogP contribution in [0.15, 0.2) is 41.5 Å². The molecule has 0 aliphatic heterocycles. The maximum Gasteiger partial charge on any atom is 0.121 e. The van der Waals surface area contributed by atoms with Crippen LogP contribution in [0, 0.1) is 10.4 Å². The molecule has 3 N–H and O–H groups in total. The molecule has 0 radical (unpaired) electrons. The van der Waals surface area contributed by atoms with E-state index in [2.05, 4.69) is 10.5 Å². The van der Waals surface area contributed by atoms with Gasteiger partial charge in [0.25, 0.3) is 0 Å². The minimum absolute atomic E-state index is 0.182. The van der Waals surface area contributed by atoms with E-state index in [4.69, 9.17) is 4.74 Å². The zero-order chi connectivity index (χ0) is 17.3. The van der Waals surface area contributed by atoms with Crippen LogP contribution >= 0.6 is 0 Å². The van der Waals surface area contributed by atoms with E-state index < -0.39 is 5.23 Å². The largest absolute Gasteiger partial charge is 0.769 e. The predicted molar refractivity (Wildman–Crippen MR) is 88.6 cm³/mol. The fourth-order valence-electron chi connectivity index (χ4n) is 2.40. The number of hydrogen-bond donors (Lipinski definition) is 3. The van der Waals surface area contributed by atoms with Crippen LogP contribution in [0.1, 0.15) is 11.1 Å². The molecule has 0 amide bonds. The Labute approximate surface area is 137 Å². The normalized spacial score (nSPS) is 14.0. The van der Waals surface area contributed by atoms with Gasteiger partial charge in [0.05, 0.1) is 18.5 Å². The Balaban J connectivity index is 1.84. The second-order valence-corrected chi connectivity index (χ2v) is 5.12. The van der Waals surface area contributed by atoms with E-state index in [-0.39, 0.29) is 22.3 Å². The lowest BCUT2D eigenvalue weighted by atomic mass is 9.86. The van der Waals surface area contributed by atoms with Gasteiger partial charge in [-0.05, 0) is 35.9 Å². The van der Waals surface area contributed by atoms with Crippen molar-refractivity contribution in [3.05, 3.63) is 57.9 Å². The molecule has 24 heavy (non-hydrogen) atoms. The highest BCUT2D eigenvalue weighted by Crippen LogP contribution is 2.31. The summed E-state index contributed by atoms with van der Waals surface area (Å²) in [6.07, 6.45) is 0.663. The van der Waals surface area contributed by atoms with Gasteiger partial charge >= 0.3 is 0 Å². The van der Waals surface area contributed by atoms with E-state index in [9.17, 15) is 20.8 Å². The SMILES string of the molecule is COc1ccc2c(c1)C(=NNc1ccc(N([O-])[O-])cc1N(O)O)C2. The van der Waals surface area contributed by atoms with Gasteiger partial charge < -0.3 is 20.4 Å². The first kappa shape index (κ1) is 16.0. The van der Waals surface area contributed by atoms with Gasteiger partial charge in [0.2, 0.25) is 0 Å². The van der Waals surface area contributed by atoms with Gasteiger partial charge in [-0.15, -0.1) is 5.23 Å². The highest BCUT2D eigenvalue weighted by atomic mass is 16.8. The van der Waals surface area contributed by atoms with Crippen LogP contribution in [-0.4, -0.2) is 23.2 Å². The van der Waals surface area contributed by atoms with Crippen molar-refractivity contribution in [2.24, 2.45) is 5.10 Å². The molecule has 2 aromatic carbocycles. The molecule has 0 fully saturated rings. The minimum Gasteiger partial charge on any atom is -0.769 e. The van der Waals surface area contributed by atoms with Gasteiger partial charge in [-0.25, -0.2) is 0 Å². The van der Waals surface area contributed by atoms with Gasteiger partial charge in [-0.1, -0.05) is 6.07 Å². The number of benzene rings is 2. The summed E-state index contributed by atoms with van der Waals surface area (Å²) in [5.74, 6) is 0.717. The molecule has 3 rings (SSSR count). The van der Waals surface area contributed by atoms with Gasteiger partial charge in [0, 0.05) is 17.7 Å². The zero-order valence-electron chi connectivity index (χ0n) is 12.6. The Morgan fingerprint density at radius 3 is 2.62 bits per heavy atom. The molecular formula is C15H14N4O5-2. The fourth-order valence-corrected chi connectivity index (χ4v) is 2.40. The number of ether oxygens (including phenoxy) is 1.